The minimum atomic E-state index is -0.855. The van der Waals surface area contributed by atoms with E-state index in [4.69, 9.17) is 9.63 Å². The van der Waals surface area contributed by atoms with E-state index in [1.54, 1.807) is 13.8 Å². The van der Waals surface area contributed by atoms with Gasteiger partial charge in [0, 0.05) is 25.6 Å². The average molecular weight is 282 g/mol. The van der Waals surface area contributed by atoms with Gasteiger partial charge < -0.3 is 14.5 Å². The Labute approximate surface area is 118 Å². The molecule has 7 heteroatoms. The Morgan fingerprint density at radius 3 is 2.75 bits per heavy atom. The Morgan fingerprint density at radius 1 is 1.40 bits per heavy atom. The highest BCUT2D eigenvalue weighted by atomic mass is 16.5. The van der Waals surface area contributed by atoms with Gasteiger partial charge in [-0.05, 0) is 14.1 Å². The topological polar surface area (TPSA) is 82.7 Å². The lowest BCUT2D eigenvalue weighted by atomic mass is 9.96. The molecule has 0 spiro atoms. The molecule has 0 amide bonds. The lowest BCUT2D eigenvalue weighted by Gasteiger charge is -2.35. The molecule has 0 bridgehead atoms. The van der Waals surface area contributed by atoms with Gasteiger partial charge in [0.1, 0.15) is 0 Å². The maximum absolute atomic E-state index is 11.0. The molecular formula is C13H22N4O3. The third-order valence-corrected chi connectivity index (χ3v) is 4.14. The molecule has 2 rings (SSSR count). The fraction of sp³-hybridized carbons (Fsp3) is 0.769. The molecule has 7 nitrogen and oxygen atoms in total. The number of hydrogen-bond acceptors (Lipinski definition) is 6. The smallest absolute Gasteiger partial charge is 0.307 e. The Hall–Kier alpha value is -1.47. The van der Waals surface area contributed by atoms with Crippen LogP contribution < -0.4 is 0 Å². The number of nitrogens with zero attached hydrogens (tertiary/aromatic N) is 4. The zero-order valence-corrected chi connectivity index (χ0v) is 12.4. The Kier molecular flexibility index (Phi) is 4.39. The summed E-state index contributed by atoms with van der Waals surface area (Å²) in [6.45, 7) is 6.26. The van der Waals surface area contributed by atoms with E-state index in [1.165, 1.54) is 0 Å². The summed E-state index contributed by atoms with van der Waals surface area (Å²) in [6, 6.07) is 0.0959. The first-order valence-corrected chi connectivity index (χ1v) is 6.85. The molecule has 112 valence electrons. The average Bonchev–Trinajstić information content (AvgIpc) is 2.89. The highest BCUT2D eigenvalue weighted by Crippen LogP contribution is 2.26. The van der Waals surface area contributed by atoms with Crippen LogP contribution >= 0.6 is 0 Å². The first-order valence-electron chi connectivity index (χ1n) is 6.85. The number of carbonyl (C=O) groups is 1. The summed E-state index contributed by atoms with van der Waals surface area (Å²) >= 11 is 0. The zero-order valence-electron chi connectivity index (χ0n) is 12.4. The standard InChI is InChI=1S/C13H22N4O3/c1-8(9(2)13(18)19)12-14-11(15-20-12)10-7-16(3)5-6-17(10)4/h8-10H,5-7H2,1-4H3,(H,18,19). The van der Waals surface area contributed by atoms with Crippen LogP contribution in [0.4, 0.5) is 0 Å². The van der Waals surface area contributed by atoms with Gasteiger partial charge in [-0.25, -0.2) is 0 Å². The number of carboxylic acid groups (broad SMARTS) is 1. The zero-order chi connectivity index (χ0) is 14.9. The normalized spacial score (nSPS) is 24.5. The van der Waals surface area contributed by atoms with Crippen LogP contribution in [-0.2, 0) is 4.79 Å². The van der Waals surface area contributed by atoms with Crippen LogP contribution in [0.3, 0.4) is 0 Å². The molecule has 0 saturated carbocycles. The predicted octanol–water partition coefficient (Wildman–Crippen LogP) is 0.812. The molecule has 0 aliphatic carbocycles. The molecule has 1 aromatic heterocycles. The molecule has 1 aromatic rings. The van der Waals surface area contributed by atoms with Crippen LogP contribution in [0.2, 0.25) is 0 Å². The van der Waals surface area contributed by atoms with Crippen LogP contribution in [0.15, 0.2) is 4.52 Å². The highest BCUT2D eigenvalue weighted by molar-refractivity contribution is 5.70. The fourth-order valence-electron chi connectivity index (χ4n) is 2.28. The number of rotatable bonds is 4. The van der Waals surface area contributed by atoms with Gasteiger partial charge in [0.15, 0.2) is 5.82 Å². The van der Waals surface area contributed by atoms with Gasteiger partial charge >= 0.3 is 5.97 Å². The van der Waals surface area contributed by atoms with E-state index in [0.29, 0.717) is 11.7 Å². The van der Waals surface area contributed by atoms with Gasteiger partial charge in [-0.15, -0.1) is 0 Å². The van der Waals surface area contributed by atoms with Gasteiger partial charge in [-0.3, -0.25) is 9.69 Å². The molecule has 3 unspecified atom stereocenters. The highest BCUT2D eigenvalue weighted by Gasteiger charge is 2.31. The minimum Gasteiger partial charge on any atom is -0.481 e. The van der Waals surface area contributed by atoms with E-state index < -0.39 is 11.9 Å². The van der Waals surface area contributed by atoms with Gasteiger partial charge in [0.05, 0.1) is 12.0 Å². The predicted molar refractivity (Wildman–Crippen MR) is 72.4 cm³/mol. The summed E-state index contributed by atoms with van der Waals surface area (Å²) < 4.78 is 5.26. The van der Waals surface area contributed by atoms with Crippen molar-refractivity contribution in [1.29, 1.82) is 0 Å². The summed E-state index contributed by atoms with van der Waals surface area (Å²) in [6.07, 6.45) is 0. The van der Waals surface area contributed by atoms with Crippen LogP contribution in [0.25, 0.3) is 0 Å². The van der Waals surface area contributed by atoms with Gasteiger partial charge in [0.25, 0.3) is 0 Å². The summed E-state index contributed by atoms with van der Waals surface area (Å²) in [5, 5.41) is 13.1. The minimum absolute atomic E-state index is 0.0959. The molecule has 2 heterocycles. The van der Waals surface area contributed by atoms with Crippen molar-refractivity contribution in [2.45, 2.75) is 25.8 Å². The summed E-state index contributed by atoms with van der Waals surface area (Å²) in [5.41, 5.74) is 0. The molecule has 0 aromatic carbocycles. The summed E-state index contributed by atoms with van der Waals surface area (Å²) in [4.78, 5) is 19.8. The van der Waals surface area contributed by atoms with E-state index in [1.807, 2.05) is 7.05 Å². The number of hydrogen-bond donors (Lipinski definition) is 1. The second-order valence-electron chi connectivity index (χ2n) is 5.67. The lowest BCUT2D eigenvalue weighted by Crippen LogP contribution is -2.45. The van der Waals surface area contributed by atoms with Crippen molar-refractivity contribution in [3.05, 3.63) is 11.7 Å². The summed E-state index contributed by atoms with van der Waals surface area (Å²) in [5.74, 6) is -0.655. The van der Waals surface area contributed by atoms with Crippen LogP contribution in [0, 0.1) is 5.92 Å². The lowest BCUT2D eigenvalue weighted by molar-refractivity contribution is -0.141. The van der Waals surface area contributed by atoms with Crippen LogP contribution in [0.5, 0.6) is 0 Å². The third kappa shape index (κ3) is 2.99. The largest absolute Gasteiger partial charge is 0.481 e. The maximum Gasteiger partial charge on any atom is 0.307 e. The second kappa shape index (κ2) is 5.88. The van der Waals surface area contributed by atoms with Crippen LogP contribution in [0.1, 0.15) is 37.5 Å². The summed E-state index contributed by atoms with van der Waals surface area (Å²) in [7, 11) is 4.10. The molecule has 0 radical (unpaired) electrons. The quantitative estimate of drug-likeness (QED) is 0.875. The number of aliphatic carboxylic acids is 1. The van der Waals surface area contributed by atoms with E-state index in [-0.39, 0.29) is 12.0 Å². The van der Waals surface area contributed by atoms with E-state index in [9.17, 15) is 4.79 Å². The number of likely N-dealkylation sites (N-methyl/N-ethyl adjacent to an activating group) is 2. The van der Waals surface area contributed by atoms with Crippen molar-refractivity contribution in [3.63, 3.8) is 0 Å². The SMILES string of the molecule is CC(C(=O)O)C(C)c1nc(C2CN(C)CCN2C)no1. The first-order chi connectivity index (χ1) is 9.40. The van der Waals surface area contributed by atoms with E-state index in [2.05, 4.69) is 27.0 Å². The van der Waals surface area contributed by atoms with Crippen molar-refractivity contribution >= 4 is 5.97 Å². The Balaban J connectivity index is 2.14. The molecule has 1 fully saturated rings. The van der Waals surface area contributed by atoms with Gasteiger partial charge in [-0.2, -0.15) is 4.98 Å². The monoisotopic (exact) mass is 282 g/mol. The van der Waals surface area contributed by atoms with Crippen molar-refractivity contribution in [3.8, 4) is 0 Å². The molecular weight excluding hydrogens is 260 g/mol. The van der Waals surface area contributed by atoms with Gasteiger partial charge in [-0.1, -0.05) is 19.0 Å². The number of aromatic nitrogens is 2. The number of piperazine rings is 1. The van der Waals surface area contributed by atoms with Crippen molar-refractivity contribution < 1.29 is 14.4 Å². The fourth-order valence-corrected chi connectivity index (χ4v) is 2.28. The molecule has 20 heavy (non-hydrogen) atoms. The van der Waals surface area contributed by atoms with Crippen molar-refractivity contribution in [2.24, 2.45) is 5.92 Å². The second-order valence-corrected chi connectivity index (χ2v) is 5.67. The molecule has 1 aliphatic heterocycles. The first kappa shape index (κ1) is 14.9. The van der Waals surface area contributed by atoms with Crippen LogP contribution in [-0.4, -0.2) is 64.7 Å². The molecule has 1 saturated heterocycles. The van der Waals surface area contributed by atoms with Crippen molar-refractivity contribution in [1.82, 2.24) is 19.9 Å². The van der Waals surface area contributed by atoms with Gasteiger partial charge in [0.2, 0.25) is 5.89 Å². The maximum atomic E-state index is 11.0. The Morgan fingerprint density at radius 2 is 2.10 bits per heavy atom. The van der Waals surface area contributed by atoms with E-state index in [0.717, 1.165) is 19.6 Å². The third-order valence-electron chi connectivity index (χ3n) is 4.14. The molecule has 1 aliphatic rings. The molecule has 1 N–H and O–H groups in total. The molecule has 3 atom stereocenters. The van der Waals surface area contributed by atoms with Crippen molar-refractivity contribution in [2.75, 3.05) is 33.7 Å². The van der Waals surface area contributed by atoms with E-state index >= 15 is 0 Å². The Bertz CT molecular complexity index is 476. The number of carboxylic acids is 1.